The van der Waals surface area contributed by atoms with Crippen molar-refractivity contribution in [1.29, 1.82) is 0 Å². The highest BCUT2D eigenvalue weighted by Gasteiger charge is 2.17. The maximum absolute atomic E-state index is 12.8. The van der Waals surface area contributed by atoms with E-state index < -0.39 is 22.8 Å². The first-order valence-corrected chi connectivity index (χ1v) is 4.52. The summed E-state index contributed by atoms with van der Waals surface area (Å²) in [6.45, 7) is 3.25. The van der Waals surface area contributed by atoms with Gasteiger partial charge in [-0.25, -0.2) is 14.2 Å². The van der Waals surface area contributed by atoms with Crippen molar-refractivity contribution in [2.24, 2.45) is 0 Å². The van der Waals surface area contributed by atoms with Gasteiger partial charge in [-0.05, 0) is 19.9 Å². The molecule has 1 aromatic rings. The van der Waals surface area contributed by atoms with Crippen LogP contribution in [0.4, 0.5) is 8.78 Å². The Morgan fingerprint density at radius 1 is 1.53 bits per heavy atom. The van der Waals surface area contributed by atoms with Gasteiger partial charge < -0.3 is 4.74 Å². The molecule has 1 heterocycles. The SMILES string of the molecule is CC(C)OC(=O)c1cc(Cl)c(F)c(F)n1. The number of carbonyl (C=O) groups is 1. The van der Waals surface area contributed by atoms with Crippen molar-refractivity contribution in [2.75, 3.05) is 0 Å². The summed E-state index contributed by atoms with van der Waals surface area (Å²) in [5.74, 6) is -3.54. The molecule has 0 aliphatic carbocycles. The Morgan fingerprint density at radius 3 is 2.60 bits per heavy atom. The topological polar surface area (TPSA) is 39.2 Å². The molecule has 1 aromatic heterocycles. The molecule has 82 valence electrons. The Morgan fingerprint density at radius 2 is 2.13 bits per heavy atom. The van der Waals surface area contributed by atoms with Crippen LogP contribution in [-0.2, 0) is 4.74 Å². The van der Waals surface area contributed by atoms with Crippen molar-refractivity contribution < 1.29 is 18.3 Å². The van der Waals surface area contributed by atoms with E-state index in [-0.39, 0.29) is 11.8 Å². The molecule has 0 aliphatic rings. The van der Waals surface area contributed by atoms with Crippen LogP contribution in [0.25, 0.3) is 0 Å². The Balaban J connectivity index is 3.01. The number of hydrogen-bond acceptors (Lipinski definition) is 3. The normalized spacial score (nSPS) is 10.5. The van der Waals surface area contributed by atoms with E-state index in [0.29, 0.717) is 0 Å². The molecule has 0 aliphatic heterocycles. The first kappa shape index (κ1) is 11.8. The van der Waals surface area contributed by atoms with Gasteiger partial charge in [-0.2, -0.15) is 4.39 Å². The van der Waals surface area contributed by atoms with Crippen molar-refractivity contribution in [3.05, 3.63) is 28.5 Å². The first-order valence-electron chi connectivity index (χ1n) is 4.14. The number of pyridine rings is 1. The van der Waals surface area contributed by atoms with Crippen molar-refractivity contribution in [3.63, 3.8) is 0 Å². The third-order valence-corrected chi connectivity index (χ3v) is 1.70. The minimum atomic E-state index is -1.42. The second-order valence-electron chi connectivity index (χ2n) is 3.05. The van der Waals surface area contributed by atoms with Gasteiger partial charge in [0.25, 0.3) is 5.95 Å². The fourth-order valence-corrected chi connectivity index (χ4v) is 1.03. The van der Waals surface area contributed by atoms with E-state index in [1.807, 2.05) is 0 Å². The van der Waals surface area contributed by atoms with Crippen molar-refractivity contribution in [3.8, 4) is 0 Å². The van der Waals surface area contributed by atoms with Crippen molar-refractivity contribution in [2.45, 2.75) is 20.0 Å². The monoisotopic (exact) mass is 235 g/mol. The average Bonchev–Trinajstić information content (AvgIpc) is 2.12. The van der Waals surface area contributed by atoms with Crippen LogP contribution in [0.15, 0.2) is 6.07 Å². The van der Waals surface area contributed by atoms with Crippen molar-refractivity contribution >= 4 is 17.6 Å². The zero-order valence-electron chi connectivity index (χ0n) is 8.05. The molecule has 0 radical (unpaired) electrons. The summed E-state index contributed by atoms with van der Waals surface area (Å²) in [6, 6.07) is 0.921. The highest BCUT2D eigenvalue weighted by Crippen LogP contribution is 2.17. The Hall–Kier alpha value is -1.23. The molecule has 1 rings (SSSR count). The minimum Gasteiger partial charge on any atom is -0.458 e. The summed E-state index contributed by atoms with van der Waals surface area (Å²) in [5.41, 5.74) is -0.354. The third kappa shape index (κ3) is 2.86. The number of hydrogen-bond donors (Lipinski definition) is 0. The number of rotatable bonds is 2. The molecule has 0 N–H and O–H groups in total. The molecule has 15 heavy (non-hydrogen) atoms. The van der Waals surface area contributed by atoms with Crippen LogP contribution in [0.1, 0.15) is 24.3 Å². The molecule has 0 atom stereocenters. The molecule has 0 aromatic carbocycles. The summed E-state index contributed by atoms with van der Waals surface area (Å²) in [6.07, 6.45) is -0.369. The number of aromatic nitrogens is 1. The molecular formula is C9H8ClF2NO2. The lowest BCUT2D eigenvalue weighted by molar-refractivity contribution is 0.0369. The number of esters is 1. The van der Waals surface area contributed by atoms with Gasteiger partial charge in [0, 0.05) is 0 Å². The highest BCUT2D eigenvalue weighted by atomic mass is 35.5. The minimum absolute atomic E-state index is 0.354. The quantitative estimate of drug-likeness (QED) is 0.584. The van der Waals surface area contributed by atoms with Crippen LogP contribution in [0, 0.1) is 11.8 Å². The fourth-order valence-electron chi connectivity index (χ4n) is 0.848. The van der Waals surface area contributed by atoms with Gasteiger partial charge in [-0.1, -0.05) is 11.6 Å². The molecule has 0 saturated carbocycles. The van der Waals surface area contributed by atoms with Gasteiger partial charge in [0.05, 0.1) is 11.1 Å². The molecule has 6 heteroatoms. The summed E-state index contributed by atoms with van der Waals surface area (Å²) in [5, 5.41) is -0.502. The smallest absolute Gasteiger partial charge is 0.357 e. The summed E-state index contributed by atoms with van der Waals surface area (Å²) in [4.78, 5) is 14.3. The standard InChI is InChI=1S/C9H8ClF2NO2/c1-4(2)15-9(14)6-3-5(10)7(11)8(12)13-6/h3-4H,1-2H3. The molecule has 0 unspecified atom stereocenters. The van der Waals surface area contributed by atoms with Crippen molar-refractivity contribution in [1.82, 2.24) is 4.98 Å². The summed E-state index contributed by atoms with van der Waals surface area (Å²) >= 11 is 5.34. The second-order valence-corrected chi connectivity index (χ2v) is 3.46. The number of ether oxygens (including phenoxy) is 1. The molecule has 0 bridgehead atoms. The summed E-state index contributed by atoms with van der Waals surface area (Å²) in [7, 11) is 0. The lowest BCUT2D eigenvalue weighted by atomic mass is 10.3. The summed E-state index contributed by atoms with van der Waals surface area (Å²) < 4.78 is 30.2. The van der Waals surface area contributed by atoms with Gasteiger partial charge in [0.1, 0.15) is 0 Å². The van der Waals surface area contributed by atoms with E-state index in [1.54, 1.807) is 13.8 Å². The third-order valence-electron chi connectivity index (χ3n) is 1.42. The van der Waals surface area contributed by atoms with E-state index in [0.717, 1.165) is 6.07 Å². The van der Waals surface area contributed by atoms with E-state index >= 15 is 0 Å². The molecule has 0 spiro atoms. The predicted molar refractivity (Wildman–Crippen MR) is 49.7 cm³/mol. The van der Waals surface area contributed by atoms with Gasteiger partial charge >= 0.3 is 5.97 Å². The van der Waals surface area contributed by atoms with E-state index in [9.17, 15) is 13.6 Å². The van der Waals surface area contributed by atoms with Crippen LogP contribution < -0.4 is 0 Å². The zero-order chi connectivity index (χ0) is 11.6. The van der Waals surface area contributed by atoms with Gasteiger partial charge in [0.2, 0.25) is 0 Å². The maximum atomic E-state index is 12.8. The lowest BCUT2D eigenvalue weighted by Crippen LogP contribution is -2.14. The number of carbonyl (C=O) groups excluding carboxylic acids is 1. The average molecular weight is 236 g/mol. The van der Waals surface area contributed by atoms with Crippen LogP contribution in [0.3, 0.4) is 0 Å². The van der Waals surface area contributed by atoms with Gasteiger partial charge in [-0.15, -0.1) is 0 Å². The van der Waals surface area contributed by atoms with Crippen LogP contribution >= 0.6 is 11.6 Å². The highest BCUT2D eigenvalue weighted by molar-refractivity contribution is 6.31. The molecular weight excluding hydrogens is 228 g/mol. The van der Waals surface area contributed by atoms with Gasteiger partial charge in [-0.3, -0.25) is 0 Å². The first-order chi connectivity index (χ1) is 6.91. The lowest BCUT2D eigenvalue weighted by Gasteiger charge is -2.07. The Kier molecular flexibility index (Phi) is 3.57. The number of nitrogens with zero attached hydrogens (tertiary/aromatic N) is 1. The largest absolute Gasteiger partial charge is 0.458 e. The maximum Gasteiger partial charge on any atom is 0.357 e. The predicted octanol–water partition coefficient (Wildman–Crippen LogP) is 2.58. The molecule has 3 nitrogen and oxygen atoms in total. The van der Waals surface area contributed by atoms with Crippen LogP contribution in [-0.4, -0.2) is 17.1 Å². The van der Waals surface area contributed by atoms with E-state index in [1.165, 1.54) is 0 Å². The molecule has 0 fully saturated rings. The molecule has 0 amide bonds. The Bertz CT molecular complexity index is 373. The molecule has 0 saturated heterocycles. The Labute approximate surface area is 90.0 Å². The van der Waals surface area contributed by atoms with E-state index in [2.05, 4.69) is 4.98 Å². The number of halogens is 3. The second kappa shape index (κ2) is 4.53. The van der Waals surface area contributed by atoms with Gasteiger partial charge in [0.15, 0.2) is 11.5 Å². The fraction of sp³-hybridized carbons (Fsp3) is 0.333. The van der Waals surface area contributed by atoms with Crippen LogP contribution in [0.5, 0.6) is 0 Å². The zero-order valence-corrected chi connectivity index (χ0v) is 8.81. The van der Waals surface area contributed by atoms with Crippen LogP contribution in [0.2, 0.25) is 5.02 Å². The van der Waals surface area contributed by atoms with E-state index in [4.69, 9.17) is 16.3 Å².